The summed E-state index contributed by atoms with van der Waals surface area (Å²) in [4.78, 5) is 0. The molecule has 0 radical (unpaired) electrons. The molecule has 0 aromatic rings. The van der Waals surface area contributed by atoms with Gasteiger partial charge in [0.05, 0.1) is 5.71 Å². The van der Waals surface area contributed by atoms with Crippen LogP contribution in [0, 0.1) is 0 Å². The fourth-order valence-electron chi connectivity index (χ4n) is 1.05. The molecule has 17 heavy (non-hydrogen) atoms. The minimum absolute atomic E-state index is 0.630. The molecule has 0 heterocycles. The lowest BCUT2D eigenvalue weighted by Crippen LogP contribution is -2.11. The number of hydrogen-bond acceptors (Lipinski definition) is 2. The second-order valence-corrected chi connectivity index (χ2v) is 4.17. The third-order valence-electron chi connectivity index (χ3n) is 1.87. The highest BCUT2D eigenvalue weighted by Crippen LogP contribution is 2.11. The summed E-state index contributed by atoms with van der Waals surface area (Å²) in [6.07, 6.45) is 6.97. The summed E-state index contributed by atoms with van der Waals surface area (Å²) in [6, 6.07) is 0. The Morgan fingerprint density at radius 2 is 1.82 bits per heavy atom. The summed E-state index contributed by atoms with van der Waals surface area (Å²) in [5.41, 5.74) is 2.50. The van der Waals surface area contributed by atoms with Gasteiger partial charge in [-0.15, -0.1) is 0 Å². The Kier molecular flexibility index (Phi) is 6.99. The van der Waals surface area contributed by atoms with E-state index >= 15 is 0 Å². The maximum Gasteiger partial charge on any atom is 0.0863 e. The van der Waals surface area contributed by atoms with Gasteiger partial charge < -0.3 is 0 Å². The molecule has 0 amide bonds. The average molecular weight is 251 g/mol. The third kappa shape index (κ3) is 5.93. The van der Waals surface area contributed by atoms with Crippen molar-refractivity contribution in [2.24, 2.45) is 5.10 Å². The highest BCUT2D eigenvalue weighted by atomic mass is 35.5. The summed E-state index contributed by atoms with van der Waals surface area (Å²) in [5.74, 6) is 0. The number of nitrogens with zero attached hydrogens (tertiary/aromatic N) is 2. The maximum absolute atomic E-state index is 5.84. The summed E-state index contributed by atoms with van der Waals surface area (Å²) in [7, 11) is 0. The Labute approximate surface area is 109 Å². The van der Waals surface area contributed by atoms with E-state index in [0.717, 1.165) is 17.0 Å². The van der Waals surface area contributed by atoms with E-state index in [1.807, 2.05) is 19.9 Å². The molecule has 0 N–H and O–H groups in total. The van der Waals surface area contributed by atoms with E-state index in [0.29, 0.717) is 5.03 Å². The molecule has 0 bridgehead atoms. The minimum Gasteiger partial charge on any atom is -0.244 e. The molecule has 0 atom stereocenters. The van der Waals surface area contributed by atoms with Crippen LogP contribution in [0.2, 0.25) is 0 Å². The molecule has 0 aromatic heterocycles. The van der Waals surface area contributed by atoms with Gasteiger partial charge in [-0.1, -0.05) is 43.5 Å². The molecule has 0 aliphatic carbocycles. The average Bonchev–Trinajstić information content (AvgIpc) is 2.23. The van der Waals surface area contributed by atoms with Gasteiger partial charge in [-0.05, 0) is 32.4 Å². The number of rotatable bonds is 6. The van der Waals surface area contributed by atoms with Crippen molar-refractivity contribution in [3.05, 3.63) is 60.5 Å². The van der Waals surface area contributed by atoms with Crippen molar-refractivity contribution in [1.29, 1.82) is 0 Å². The molecule has 0 saturated carbocycles. The van der Waals surface area contributed by atoms with Crippen LogP contribution < -0.4 is 0 Å². The monoisotopic (exact) mass is 250 g/mol. The van der Waals surface area contributed by atoms with Crippen LogP contribution in [0.25, 0.3) is 0 Å². The highest BCUT2D eigenvalue weighted by molar-refractivity contribution is 6.29. The summed E-state index contributed by atoms with van der Waals surface area (Å²) < 4.78 is 0. The smallest absolute Gasteiger partial charge is 0.0863 e. The molecular weight excluding hydrogens is 232 g/mol. The molecular formula is C14H19ClN2. The van der Waals surface area contributed by atoms with Crippen LogP contribution in [-0.4, -0.2) is 10.7 Å². The fourth-order valence-corrected chi connectivity index (χ4v) is 1.14. The first-order chi connectivity index (χ1) is 7.92. The SMILES string of the molecule is C=CC=C(C)C(C=C)=NN(C=C(C)Cl)C(=C)C. The van der Waals surface area contributed by atoms with Crippen LogP contribution in [0.1, 0.15) is 20.8 Å². The highest BCUT2D eigenvalue weighted by Gasteiger charge is 2.02. The first-order valence-corrected chi connectivity index (χ1v) is 5.59. The summed E-state index contributed by atoms with van der Waals surface area (Å²) in [6.45, 7) is 16.8. The number of hydrazone groups is 1. The lowest BCUT2D eigenvalue weighted by Gasteiger charge is -2.16. The molecule has 0 saturated heterocycles. The predicted octanol–water partition coefficient (Wildman–Crippen LogP) is 4.60. The Balaban J connectivity index is 5.34. The van der Waals surface area contributed by atoms with Crippen molar-refractivity contribution in [2.75, 3.05) is 0 Å². The third-order valence-corrected chi connectivity index (χ3v) is 1.97. The van der Waals surface area contributed by atoms with E-state index in [9.17, 15) is 0 Å². The van der Waals surface area contributed by atoms with Gasteiger partial charge in [0.2, 0.25) is 0 Å². The quantitative estimate of drug-likeness (QED) is 0.382. The van der Waals surface area contributed by atoms with Crippen LogP contribution in [0.15, 0.2) is 65.6 Å². The van der Waals surface area contributed by atoms with Crippen LogP contribution in [0.3, 0.4) is 0 Å². The lowest BCUT2D eigenvalue weighted by molar-refractivity contribution is 0.500. The molecule has 2 nitrogen and oxygen atoms in total. The molecule has 0 aromatic carbocycles. The van der Waals surface area contributed by atoms with E-state index in [2.05, 4.69) is 24.8 Å². The van der Waals surface area contributed by atoms with Crippen molar-refractivity contribution >= 4 is 17.3 Å². The zero-order valence-electron chi connectivity index (χ0n) is 10.7. The van der Waals surface area contributed by atoms with Crippen molar-refractivity contribution in [3.8, 4) is 0 Å². The number of allylic oxidation sites excluding steroid dienone is 6. The van der Waals surface area contributed by atoms with Gasteiger partial charge in [-0.3, -0.25) is 0 Å². The first-order valence-electron chi connectivity index (χ1n) is 5.21. The van der Waals surface area contributed by atoms with Crippen LogP contribution in [0.5, 0.6) is 0 Å². The molecule has 0 fully saturated rings. The van der Waals surface area contributed by atoms with Gasteiger partial charge in [-0.25, -0.2) is 5.01 Å². The summed E-state index contributed by atoms with van der Waals surface area (Å²) >= 11 is 5.84. The van der Waals surface area contributed by atoms with Crippen LogP contribution in [-0.2, 0) is 0 Å². The van der Waals surface area contributed by atoms with E-state index in [-0.39, 0.29) is 0 Å². The summed E-state index contributed by atoms with van der Waals surface area (Å²) in [5, 5.41) is 6.66. The van der Waals surface area contributed by atoms with Crippen molar-refractivity contribution in [3.63, 3.8) is 0 Å². The molecule has 0 aliphatic rings. The van der Waals surface area contributed by atoms with E-state index < -0.39 is 0 Å². The topological polar surface area (TPSA) is 15.6 Å². The lowest BCUT2D eigenvalue weighted by atomic mass is 10.2. The second kappa shape index (κ2) is 7.69. The van der Waals surface area contributed by atoms with Crippen molar-refractivity contribution < 1.29 is 0 Å². The van der Waals surface area contributed by atoms with Gasteiger partial charge in [-0.2, -0.15) is 5.10 Å². The van der Waals surface area contributed by atoms with Gasteiger partial charge in [0.1, 0.15) is 0 Å². The van der Waals surface area contributed by atoms with Crippen LogP contribution >= 0.6 is 11.6 Å². The molecule has 0 aliphatic heterocycles. The Morgan fingerprint density at radius 3 is 2.18 bits per heavy atom. The second-order valence-electron chi connectivity index (χ2n) is 3.57. The number of halogens is 1. The molecule has 92 valence electrons. The Bertz CT molecular complexity index is 396. The molecule has 0 unspecified atom stereocenters. The van der Waals surface area contributed by atoms with Gasteiger partial charge in [0, 0.05) is 16.9 Å². The van der Waals surface area contributed by atoms with Crippen molar-refractivity contribution in [1.82, 2.24) is 5.01 Å². The zero-order chi connectivity index (χ0) is 13.4. The Hall–Kier alpha value is -1.54. The maximum atomic E-state index is 5.84. The molecule has 0 rings (SSSR count). The minimum atomic E-state index is 0.630. The molecule has 0 spiro atoms. The normalized spacial score (nSPS) is 13.3. The standard InChI is InChI=1S/C14H19ClN2/c1-7-9-12(5)14(8-2)16-17(11(3)4)10-13(6)15/h7-10H,1-3H2,4-6H3. The predicted molar refractivity (Wildman–Crippen MR) is 77.8 cm³/mol. The largest absolute Gasteiger partial charge is 0.244 e. The zero-order valence-corrected chi connectivity index (χ0v) is 11.5. The van der Waals surface area contributed by atoms with Gasteiger partial charge in [0.25, 0.3) is 0 Å². The molecule has 3 heteroatoms. The van der Waals surface area contributed by atoms with E-state index in [4.69, 9.17) is 11.6 Å². The fraction of sp³-hybridized carbons (Fsp3) is 0.214. The van der Waals surface area contributed by atoms with Gasteiger partial charge >= 0.3 is 0 Å². The Morgan fingerprint density at radius 1 is 1.24 bits per heavy atom. The van der Waals surface area contributed by atoms with Gasteiger partial charge in [0.15, 0.2) is 0 Å². The van der Waals surface area contributed by atoms with E-state index in [1.165, 1.54) is 0 Å². The first kappa shape index (κ1) is 15.5. The van der Waals surface area contributed by atoms with Crippen molar-refractivity contribution in [2.45, 2.75) is 20.8 Å². The number of hydrogen-bond donors (Lipinski definition) is 0. The van der Waals surface area contributed by atoms with E-state index in [1.54, 1.807) is 30.3 Å². The van der Waals surface area contributed by atoms with Crippen LogP contribution in [0.4, 0.5) is 0 Å².